The molecule has 0 aromatic carbocycles. The highest BCUT2D eigenvalue weighted by Crippen LogP contribution is 2.26. The largest absolute Gasteiger partial charge is 0.346 e. The predicted molar refractivity (Wildman–Crippen MR) is 66.8 cm³/mol. The van der Waals surface area contributed by atoms with Crippen LogP contribution in [0.4, 0.5) is 0 Å². The second-order valence-electron chi connectivity index (χ2n) is 4.50. The van der Waals surface area contributed by atoms with Gasteiger partial charge in [0.15, 0.2) is 5.69 Å². The molecule has 1 atom stereocenters. The molecule has 1 amide bonds. The first-order valence-corrected chi connectivity index (χ1v) is 6.93. The van der Waals surface area contributed by atoms with Crippen molar-refractivity contribution in [3.05, 3.63) is 11.1 Å². The molecule has 1 saturated carbocycles. The van der Waals surface area contributed by atoms with E-state index in [1.165, 1.54) is 30.8 Å². The van der Waals surface area contributed by atoms with Crippen molar-refractivity contribution in [1.29, 1.82) is 0 Å². The summed E-state index contributed by atoms with van der Waals surface area (Å²) in [5, 5.41) is 8.40. The van der Waals surface area contributed by atoms with E-state index in [1.807, 2.05) is 0 Å². The summed E-state index contributed by atoms with van der Waals surface area (Å²) in [7, 11) is 0. The lowest BCUT2D eigenvalue weighted by Crippen LogP contribution is -2.46. The van der Waals surface area contributed by atoms with Gasteiger partial charge in [0.05, 0.1) is 0 Å². The van der Waals surface area contributed by atoms with Crippen LogP contribution in [0.5, 0.6) is 0 Å². The summed E-state index contributed by atoms with van der Waals surface area (Å²) < 4.78 is 3.69. The van der Waals surface area contributed by atoms with Crippen LogP contribution in [0.3, 0.4) is 0 Å². The van der Waals surface area contributed by atoms with Gasteiger partial charge >= 0.3 is 0 Å². The summed E-state index contributed by atoms with van der Waals surface area (Å²) in [6.07, 6.45) is 6.12. The smallest absolute Gasteiger partial charge is 0.273 e. The first kappa shape index (κ1) is 12.4. The summed E-state index contributed by atoms with van der Waals surface area (Å²) in [6, 6.07) is 0.0736. The minimum Gasteiger partial charge on any atom is -0.346 e. The molecule has 1 aromatic rings. The summed E-state index contributed by atoms with van der Waals surface area (Å²) in [5.74, 6) is 0.365. The number of nitrogens with two attached hydrogens (primary N) is 1. The van der Waals surface area contributed by atoms with Gasteiger partial charge in [0.1, 0.15) is 0 Å². The maximum Gasteiger partial charge on any atom is 0.273 e. The molecule has 1 unspecified atom stereocenters. The highest BCUT2D eigenvalue weighted by atomic mass is 32.1. The van der Waals surface area contributed by atoms with E-state index < -0.39 is 0 Å². The van der Waals surface area contributed by atoms with Crippen LogP contribution in [0.1, 0.15) is 42.6 Å². The zero-order valence-corrected chi connectivity index (χ0v) is 10.6. The Morgan fingerprint density at radius 3 is 2.88 bits per heavy atom. The number of hydrogen-bond acceptors (Lipinski definition) is 5. The average molecular weight is 254 g/mol. The highest BCUT2D eigenvalue weighted by Gasteiger charge is 2.24. The Kier molecular flexibility index (Phi) is 4.44. The number of amides is 1. The first-order valence-electron chi connectivity index (χ1n) is 6.09. The van der Waals surface area contributed by atoms with E-state index in [0.717, 1.165) is 12.8 Å². The molecule has 1 aliphatic carbocycles. The Morgan fingerprint density at radius 2 is 2.29 bits per heavy atom. The first-order chi connectivity index (χ1) is 8.31. The van der Waals surface area contributed by atoms with E-state index in [1.54, 1.807) is 5.38 Å². The summed E-state index contributed by atoms with van der Waals surface area (Å²) in [4.78, 5) is 11.9. The molecular weight excluding hydrogens is 236 g/mol. The van der Waals surface area contributed by atoms with Crippen molar-refractivity contribution in [2.45, 2.75) is 38.1 Å². The van der Waals surface area contributed by atoms with Crippen molar-refractivity contribution < 1.29 is 4.79 Å². The lowest BCUT2D eigenvalue weighted by atomic mass is 9.84. The third-order valence-corrected chi connectivity index (χ3v) is 3.89. The van der Waals surface area contributed by atoms with Gasteiger partial charge < -0.3 is 11.1 Å². The van der Waals surface area contributed by atoms with Crippen LogP contribution in [-0.2, 0) is 0 Å². The lowest BCUT2D eigenvalue weighted by Gasteiger charge is -2.29. The topological polar surface area (TPSA) is 80.9 Å². The summed E-state index contributed by atoms with van der Waals surface area (Å²) in [5.41, 5.74) is 6.15. The molecule has 17 heavy (non-hydrogen) atoms. The minimum absolute atomic E-state index is 0.0736. The molecule has 0 spiro atoms. The van der Waals surface area contributed by atoms with Gasteiger partial charge in [0, 0.05) is 18.0 Å². The fourth-order valence-corrected chi connectivity index (χ4v) is 2.85. The van der Waals surface area contributed by atoms with Crippen molar-refractivity contribution in [2.24, 2.45) is 11.7 Å². The van der Waals surface area contributed by atoms with Gasteiger partial charge in [-0.3, -0.25) is 4.79 Å². The number of carbonyl (C=O) groups is 1. The van der Waals surface area contributed by atoms with Crippen LogP contribution in [0, 0.1) is 5.92 Å². The molecule has 3 N–H and O–H groups in total. The van der Waals surface area contributed by atoms with Gasteiger partial charge in [-0.25, -0.2) is 0 Å². The third kappa shape index (κ3) is 3.23. The van der Waals surface area contributed by atoms with Crippen LogP contribution < -0.4 is 11.1 Å². The maximum absolute atomic E-state index is 11.9. The molecule has 1 heterocycles. The van der Waals surface area contributed by atoms with E-state index >= 15 is 0 Å². The van der Waals surface area contributed by atoms with Crippen molar-refractivity contribution >= 4 is 17.4 Å². The second-order valence-corrected chi connectivity index (χ2v) is 5.11. The van der Waals surface area contributed by atoms with Crippen LogP contribution >= 0.6 is 11.5 Å². The quantitative estimate of drug-likeness (QED) is 0.845. The number of nitrogens with zero attached hydrogens (tertiary/aromatic N) is 2. The fraction of sp³-hybridized carbons (Fsp3) is 0.727. The number of hydrogen-bond donors (Lipinski definition) is 2. The van der Waals surface area contributed by atoms with Crippen molar-refractivity contribution in [1.82, 2.24) is 14.9 Å². The highest BCUT2D eigenvalue weighted by molar-refractivity contribution is 7.03. The number of carbonyl (C=O) groups excluding carboxylic acids is 1. The Bertz CT molecular complexity index is 348. The molecule has 2 rings (SSSR count). The lowest BCUT2D eigenvalue weighted by molar-refractivity contribution is 0.0910. The molecule has 1 aliphatic rings. The zero-order chi connectivity index (χ0) is 12.1. The Hall–Kier alpha value is -1.01. The van der Waals surface area contributed by atoms with E-state index in [9.17, 15) is 4.79 Å². The molecule has 0 bridgehead atoms. The zero-order valence-electron chi connectivity index (χ0n) is 9.76. The number of aromatic nitrogens is 2. The molecule has 0 aliphatic heterocycles. The summed E-state index contributed by atoms with van der Waals surface area (Å²) in [6.45, 7) is 0.494. The molecule has 0 radical (unpaired) electrons. The second kappa shape index (κ2) is 6.07. The van der Waals surface area contributed by atoms with Gasteiger partial charge in [-0.15, -0.1) is 5.10 Å². The predicted octanol–water partition coefficient (Wildman–Crippen LogP) is 1.18. The molecule has 1 fully saturated rings. The molecule has 1 aromatic heterocycles. The maximum atomic E-state index is 11.9. The molecule has 5 nitrogen and oxygen atoms in total. The van der Waals surface area contributed by atoms with Crippen LogP contribution in [-0.4, -0.2) is 28.1 Å². The van der Waals surface area contributed by atoms with Crippen molar-refractivity contribution in [3.63, 3.8) is 0 Å². The Balaban J connectivity index is 1.92. The standard InChI is InChI=1S/C11H18N4OS/c12-6-9(8-4-2-1-3-5-8)13-11(16)10-7-17-15-14-10/h7-9H,1-6,12H2,(H,13,16). The van der Waals surface area contributed by atoms with Crippen LogP contribution in [0.2, 0.25) is 0 Å². The minimum atomic E-state index is -0.153. The fourth-order valence-electron chi connectivity index (χ4n) is 2.41. The number of rotatable bonds is 4. The average Bonchev–Trinajstić information content (AvgIpc) is 2.90. The van der Waals surface area contributed by atoms with E-state index in [-0.39, 0.29) is 11.9 Å². The van der Waals surface area contributed by atoms with Gasteiger partial charge in [-0.2, -0.15) is 0 Å². The van der Waals surface area contributed by atoms with E-state index in [4.69, 9.17) is 5.73 Å². The Labute approximate surface area is 105 Å². The molecule has 0 saturated heterocycles. The van der Waals surface area contributed by atoms with E-state index in [0.29, 0.717) is 18.2 Å². The van der Waals surface area contributed by atoms with Gasteiger partial charge in [0.25, 0.3) is 5.91 Å². The SMILES string of the molecule is NCC(NC(=O)c1csnn1)C1CCCCC1. The molecular formula is C11H18N4OS. The van der Waals surface area contributed by atoms with Gasteiger partial charge in [-0.1, -0.05) is 23.8 Å². The monoisotopic (exact) mass is 254 g/mol. The van der Waals surface area contributed by atoms with Crippen molar-refractivity contribution in [2.75, 3.05) is 6.54 Å². The van der Waals surface area contributed by atoms with E-state index in [2.05, 4.69) is 14.9 Å². The van der Waals surface area contributed by atoms with Gasteiger partial charge in [0.2, 0.25) is 0 Å². The van der Waals surface area contributed by atoms with Gasteiger partial charge in [-0.05, 0) is 30.3 Å². The molecule has 94 valence electrons. The Morgan fingerprint density at radius 1 is 1.53 bits per heavy atom. The molecule has 6 heteroatoms. The normalized spacial score (nSPS) is 18.9. The van der Waals surface area contributed by atoms with Crippen molar-refractivity contribution in [3.8, 4) is 0 Å². The van der Waals surface area contributed by atoms with Crippen LogP contribution in [0.15, 0.2) is 5.38 Å². The summed E-state index contributed by atoms with van der Waals surface area (Å²) >= 11 is 1.18. The van der Waals surface area contributed by atoms with Crippen LogP contribution in [0.25, 0.3) is 0 Å². The number of nitrogens with one attached hydrogen (secondary N) is 1. The third-order valence-electron chi connectivity index (χ3n) is 3.38.